The molecule has 2 aromatic carbocycles. The maximum Gasteiger partial charge on any atom is 0.187 e. The number of rotatable bonds is 2. The quantitative estimate of drug-likeness (QED) is 0.734. The number of tetrazole rings is 1. The van der Waals surface area contributed by atoms with E-state index in [4.69, 9.17) is 5.73 Å². The van der Waals surface area contributed by atoms with Crippen molar-refractivity contribution in [2.75, 3.05) is 5.73 Å². The number of benzene rings is 2. The van der Waals surface area contributed by atoms with Crippen molar-refractivity contribution in [3.05, 3.63) is 52.5 Å². The minimum absolute atomic E-state index is 0.690. The van der Waals surface area contributed by atoms with Gasteiger partial charge in [-0.15, -0.1) is 5.10 Å². The Labute approximate surface area is 124 Å². The van der Waals surface area contributed by atoms with Crippen LogP contribution in [0.3, 0.4) is 0 Å². The Morgan fingerprint density at radius 2 is 1.85 bits per heavy atom. The molecule has 5 nitrogen and oxygen atoms in total. The molecule has 0 saturated heterocycles. The molecule has 20 heavy (non-hydrogen) atoms. The van der Waals surface area contributed by atoms with Crippen LogP contribution in [0.1, 0.15) is 5.56 Å². The molecule has 0 aliphatic rings. The Morgan fingerprint density at radius 1 is 1.10 bits per heavy atom. The fraction of sp³-hybridized carbons (Fsp3) is 0.0714. The molecule has 100 valence electrons. The van der Waals surface area contributed by atoms with E-state index in [9.17, 15) is 0 Å². The summed E-state index contributed by atoms with van der Waals surface area (Å²) in [5, 5.41) is 12.0. The predicted molar refractivity (Wildman–Crippen MR) is 81.4 cm³/mol. The van der Waals surface area contributed by atoms with Crippen LogP contribution in [-0.2, 0) is 0 Å². The van der Waals surface area contributed by atoms with Crippen LogP contribution < -0.4 is 5.73 Å². The average molecular weight is 330 g/mol. The molecule has 2 N–H and O–H groups in total. The Bertz CT molecular complexity index is 749. The fourth-order valence-electron chi connectivity index (χ4n) is 2.02. The van der Waals surface area contributed by atoms with Crippen LogP contribution >= 0.6 is 15.9 Å². The molecule has 6 heteroatoms. The second kappa shape index (κ2) is 5.05. The summed E-state index contributed by atoms with van der Waals surface area (Å²) in [6.07, 6.45) is 0. The van der Waals surface area contributed by atoms with Gasteiger partial charge in [-0.3, -0.25) is 0 Å². The van der Waals surface area contributed by atoms with E-state index in [1.807, 2.05) is 49.4 Å². The minimum Gasteiger partial charge on any atom is -0.399 e. The Kier molecular flexibility index (Phi) is 3.23. The first-order valence-electron chi connectivity index (χ1n) is 6.06. The lowest BCUT2D eigenvalue weighted by atomic mass is 10.1. The number of aromatic nitrogens is 4. The van der Waals surface area contributed by atoms with Gasteiger partial charge < -0.3 is 5.73 Å². The lowest BCUT2D eigenvalue weighted by molar-refractivity contribution is 0.787. The zero-order valence-electron chi connectivity index (χ0n) is 10.8. The first kappa shape index (κ1) is 12.8. The summed E-state index contributed by atoms with van der Waals surface area (Å²) < 4.78 is 2.76. The summed E-state index contributed by atoms with van der Waals surface area (Å²) >= 11 is 3.46. The molecule has 0 spiro atoms. The van der Waals surface area contributed by atoms with Crippen LogP contribution in [0.15, 0.2) is 46.9 Å². The first-order valence-corrected chi connectivity index (χ1v) is 6.85. The van der Waals surface area contributed by atoms with Crippen molar-refractivity contribution < 1.29 is 0 Å². The smallest absolute Gasteiger partial charge is 0.187 e. The fourth-order valence-corrected chi connectivity index (χ4v) is 2.49. The average Bonchev–Trinajstić information content (AvgIpc) is 2.88. The molecule has 1 aromatic heterocycles. The van der Waals surface area contributed by atoms with Crippen LogP contribution in [0.4, 0.5) is 5.69 Å². The lowest BCUT2D eigenvalue weighted by Gasteiger charge is -2.08. The van der Waals surface area contributed by atoms with Crippen LogP contribution in [-0.4, -0.2) is 20.2 Å². The summed E-state index contributed by atoms with van der Waals surface area (Å²) in [7, 11) is 0. The number of halogens is 1. The van der Waals surface area contributed by atoms with Gasteiger partial charge in [0.1, 0.15) is 0 Å². The standard InChI is InChI=1S/C14H12BrN5/c1-9-8-11(15)4-7-13(9)20-14(17-18-19-20)10-2-5-12(16)6-3-10/h2-8H,16H2,1H3. The molecule has 1 heterocycles. The SMILES string of the molecule is Cc1cc(Br)ccc1-n1nnnc1-c1ccc(N)cc1. The van der Waals surface area contributed by atoms with Gasteiger partial charge in [0.25, 0.3) is 0 Å². The third kappa shape index (κ3) is 2.30. The molecular weight excluding hydrogens is 318 g/mol. The van der Waals surface area contributed by atoms with Crippen molar-refractivity contribution in [2.45, 2.75) is 6.92 Å². The number of anilines is 1. The molecule has 0 bridgehead atoms. The van der Waals surface area contributed by atoms with Gasteiger partial charge in [-0.25, -0.2) is 0 Å². The van der Waals surface area contributed by atoms with E-state index in [0.29, 0.717) is 11.5 Å². The van der Waals surface area contributed by atoms with Gasteiger partial charge in [-0.1, -0.05) is 15.9 Å². The first-order chi connectivity index (χ1) is 9.65. The summed E-state index contributed by atoms with van der Waals surface area (Å²) in [6.45, 7) is 2.02. The van der Waals surface area contributed by atoms with Crippen LogP contribution in [0, 0.1) is 6.92 Å². The zero-order chi connectivity index (χ0) is 14.1. The van der Waals surface area contributed by atoms with Gasteiger partial charge in [0.05, 0.1) is 5.69 Å². The van der Waals surface area contributed by atoms with Crippen molar-refractivity contribution in [1.29, 1.82) is 0 Å². The third-order valence-electron chi connectivity index (χ3n) is 3.03. The highest BCUT2D eigenvalue weighted by molar-refractivity contribution is 9.10. The Morgan fingerprint density at radius 3 is 2.55 bits per heavy atom. The van der Waals surface area contributed by atoms with E-state index >= 15 is 0 Å². The molecule has 3 rings (SSSR count). The van der Waals surface area contributed by atoms with Gasteiger partial charge >= 0.3 is 0 Å². The molecule has 0 saturated carbocycles. The van der Waals surface area contributed by atoms with Gasteiger partial charge in [0.2, 0.25) is 0 Å². The van der Waals surface area contributed by atoms with Gasteiger partial charge in [-0.05, 0) is 65.4 Å². The van der Waals surface area contributed by atoms with Crippen LogP contribution in [0.5, 0.6) is 0 Å². The predicted octanol–water partition coefficient (Wildman–Crippen LogP) is 2.98. The molecule has 0 unspecified atom stereocenters. The highest BCUT2D eigenvalue weighted by Crippen LogP contribution is 2.24. The van der Waals surface area contributed by atoms with E-state index in [0.717, 1.165) is 21.3 Å². The van der Waals surface area contributed by atoms with E-state index in [1.54, 1.807) is 4.68 Å². The highest BCUT2D eigenvalue weighted by Gasteiger charge is 2.12. The summed E-state index contributed by atoms with van der Waals surface area (Å²) in [5.74, 6) is 0.690. The van der Waals surface area contributed by atoms with Gasteiger partial charge in [0.15, 0.2) is 5.82 Å². The summed E-state index contributed by atoms with van der Waals surface area (Å²) in [5.41, 5.74) is 9.38. The van der Waals surface area contributed by atoms with Gasteiger partial charge in [0, 0.05) is 15.7 Å². The largest absolute Gasteiger partial charge is 0.399 e. The summed E-state index contributed by atoms with van der Waals surface area (Å²) in [6, 6.07) is 13.5. The van der Waals surface area contributed by atoms with Crippen molar-refractivity contribution >= 4 is 21.6 Å². The van der Waals surface area contributed by atoms with Crippen molar-refractivity contribution in [2.24, 2.45) is 0 Å². The maximum atomic E-state index is 5.71. The topological polar surface area (TPSA) is 69.6 Å². The number of nitrogens with zero attached hydrogens (tertiary/aromatic N) is 4. The van der Waals surface area contributed by atoms with E-state index in [1.165, 1.54) is 0 Å². The number of hydrogen-bond acceptors (Lipinski definition) is 4. The number of nitrogens with two attached hydrogens (primary N) is 1. The summed E-state index contributed by atoms with van der Waals surface area (Å²) in [4.78, 5) is 0. The zero-order valence-corrected chi connectivity index (χ0v) is 12.4. The van der Waals surface area contributed by atoms with Crippen LogP contribution in [0.25, 0.3) is 17.1 Å². The minimum atomic E-state index is 0.690. The number of aryl methyl sites for hydroxylation is 1. The molecular formula is C14H12BrN5. The van der Waals surface area contributed by atoms with E-state index in [-0.39, 0.29) is 0 Å². The molecule has 0 aliphatic carbocycles. The molecule has 0 aliphatic heterocycles. The molecule has 0 fully saturated rings. The lowest BCUT2D eigenvalue weighted by Crippen LogP contribution is -2.02. The molecule has 3 aromatic rings. The number of nitrogen functional groups attached to an aromatic ring is 1. The van der Waals surface area contributed by atoms with Crippen LogP contribution in [0.2, 0.25) is 0 Å². The number of hydrogen-bond donors (Lipinski definition) is 1. The Balaban J connectivity index is 2.12. The van der Waals surface area contributed by atoms with Crippen molar-refractivity contribution in [1.82, 2.24) is 20.2 Å². The maximum absolute atomic E-state index is 5.71. The second-order valence-corrected chi connectivity index (χ2v) is 5.38. The van der Waals surface area contributed by atoms with E-state index < -0.39 is 0 Å². The second-order valence-electron chi connectivity index (χ2n) is 4.47. The third-order valence-corrected chi connectivity index (χ3v) is 3.52. The monoisotopic (exact) mass is 329 g/mol. The molecule has 0 radical (unpaired) electrons. The molecule has 0 amide bonds. The van der Waals surface area contributed by atoms with E-state index in [2.05, 4.69) is 31.5 Å². The van der Waals surface area contributed by atoms with Crippen molar-refractivity contribution in [3.8, 4) is 17.1 Å². The Hall–Kier alpha value is -2.21. The highest BCUT2D eigenvalue weighted by atomic mass is 79.9. The molecule has 0 atom stereocenters. The van der Waals surface area contributed by atoms with Crippen molar-refractivity contribution in [3.63, 3.8) is 0 Å². The normalized spacial score (nSPS) is 10.7. The van der Waals surface area contributed by atoms with Gasteiger partial charge in [-0.2, -0.15) is 4.68 Å².